The fourth-order valence-electron chi connectivity index (χ4n) is 1.51. The number of rotatable bonds is 6. The third-order valence-electron chi connectivity index (χ3n) is 2.25. The lowest BCUT2D eigenvalue weighted by Gasteiger charge is -2.14. The molecule has 0 unspecified atom stereocenters. The molecule has 0 aliphatic heterocycles. The van der Waals surface area contributed by atoms with Crippen molar-refractivity contribution in [2.45, 2.75) is 39.2 Å². The molecule has 1 atom stereocenters. The molecular weight excluding hydrogens is 240 g/mol. The first-order chi connectivity index (χ1) is 8.02. The van der Waals surface area contributed by atoms with Crippen LogP contribution in [0.5, 0.6) is 0 Å². The topological polar surface area (TPSA) is 79.3 Å². The molecule has 0 aliphatic rings. The zero-order valence-electron chi connectivity index (χ0n) is 9.90. The zero-order chi connectivity index (χ0) is 12.8. The van der Waals surface area contributed by atoms with Gasteiger partial charge < -0.3 is 10.4 Å². The predicted molar refractivity (Wildman–Crippen MR) is 65.3 cm³/mol. The maximum Gasteiger partial charge on any atom is 0.305 e. The summed E-state index contributed by atoms with van der Waals surface area (Å²) >= 11 is 1.40. The van der Waals surface area contributed by atoms with Gasteiger partial charge in [0.25, 0.3) is 5.91 Å². The Balaban J connectivity index is 2.60. The van der Waals surface area contributed by atoms with Crippen molar-refractivity contribution in [1.29, 1.82) is 0 Å². The SMILES string of the molecule is CCC[C@H](CC(=O)O)NC(=O)c1csc(C)n1. The van der Waals surface area contributed by atoms with E-state index in [2.05, 4.69) is 10.3 Å². The molecule has 1 aromatic heterocycles. The smallest absolute Gasteiger partial charge is 0.305 e. The second-order valence-corrected chi connectivity index (χ2v) is 4.87. The number of nitrogens with one attached hydrogen (secondary N) is 1. The van der Waals surface area contributed by atoms with Gasteiger partial charge in [0.15, 0.2) is 0 Å². The van der Waals surface area contributed by atoms with Crippen LogP contribution in [0.1, 0.15) is 41.7 Å². The number of amides is 1. The van der Waals surface area contributed by atoms with Crippen LogP contribution in [0, 0.1) is 6.92 Å². The zero-order valence-corrected chi connectivity index (χ0v) is 10.7. The van der Waals surface area contributed by atoms with Gasteiger partial charge in [-0.25, -0.2) is 4.98 Å². The number of carboxylic acids is 1. The summed E-state index contributed by atoms with van der Waals surface area (Å²) in [6.45, 7) is 3.77. The van der Waals surface area contributed by atoms with E-state index in [1.54, 1.807) is 5.38 Å². The number of aromatic nitrogens is 1. The molecule has 0 saturated carbocycles. The Bertz CT molecular complexity index is 403. The van der Waals surface area contributed by atoms with Crippen LogP contribution < -0.4 is 5.32 Å². The van der Waals surface area contributed by atoms with E-state index < -0.39 is 5.97 Å². The van der Waals surface area contributed by atoms with Gasteiger partial charge in [-0.05, 0) is 13.3 Å². The molecule has 0 aliphatic carbocycles. The van der Waals surface area contributed by atoms with E-state index in [1.165, 1.54) is 11.3 Å². The monoisotopic (exact) mass is 256 g/mol. The maximum atomic E-state index is 11.8. The molecule has 1 heterocycles. The number of carbonyl (C=O) groups is 2. The summed E-state index contributed by atoms with van der Waals surface area (Å²) in [5.41, 5.74) is 0.360. The first-order valence-electron chi connectivity index (χ1n) is 5.47. The minimum absolute atomic E-state index is 0.0529. The van der Waals surface area contributed by atoms with Gasteiger partial charge in [0, 0.05) is 11.4 Å². The lowest BCUT2D eigenvalue weighted by molar-refractivity contribution is -0.137. The molecule has 0 radical (unpaired) electrons. The van der Waals surface area contributed by atoms with Gasteiger partial charge in [-0.1, -0.05) is 13.3 Å². The van der Waals surface area contributed by atoms with Crippen molar-refractivity contribution < 1.29 is 14.7 Å². The second-order valence-electron chi connectivity index (χ2n) is 3.81. The summed E-state index contributed by atoms with van der Waals surface area (Å²) in [4.78, 5) is 26.5. The molecule has 1 amide bonds. The van der Waals surface area contributed by atoms with Crippen LogP contribution in [-0.2, 0) is 4.79 Å². The molecule has 0 aromatic carbocycles. The van der Waals surface area contributed by atoms with Crippen molar-refractivity contribution in [2.75, 3.05) is 0 Å². The average Bonchev–Trinajstić information content (AvgIpc) is 2.64. The number of hydrogen-bond acceptors (Lipinski definition) is 4. The lowest BCUT2D eigenvalue weighted by Crippen LogP contribution is -2.36. The minimum atomic E-state index is -0.904. The largest absolute Gasteiger partial charge is 0.481 e. The Labute approximate surface area is 104 Å². The van der Waals surface area contributed by atoms with Crippen molar-refractivity contribution in [2.24, 2.45) is 0 Å². The average molecular weight is 256 g/mol. The summed E-state index contributed by atoms with van der Waals surface area (Å²) < 4.78 is 0. The van der Waals surface area contributed by atoms with E-state index in [1.807, 2.05) is 13.8 Å². The lowest BCUT2D eigenvalue weighted by atomic mass is 10.1. The van der Waals surface area contributed by atoms with Gasteiger partial charge in [-0.15, -0.1) is 11.3 Å². The molecule has 1 rings (SSSR count). The maximum absolute atomic E-state index is 11.8. The quantitative estimate of drug-likeness (QED) is 0.813. The number of nitrogens with zero attached hydrogens (tertiary/aromatic N) is 1. The number of carboxylic acid groups (broad SMARTS) is 1. The van der Waals surface area contributed by atoms with E-state index in [4.69, 9.17) is 5.11 Å². The Morgan fingerprint density at radius 1 is 1.59 bits per heavy atom. The van der Waals surface area contributed by atoms with Gasteiger partial charge in [-0.2, -0.15) is 0 Å². The van der Waals surface area contributed by atoms with Gasteiger partial charge in [-0.3, -0.25) is 9.59 Å². The molecule has 2 N–H and O–H groups in total. The Kier molecular flexibility index (Phi) is 5.09. The number of thiazole rings is 1. The molecule has 0 bridgehead atoms. The van der Waals surface area contributed by atoms with Gasteiger partial charge >= 0.3 is 5.97 Å². The molecule has 17 heavy (non-hydrogen) atoms. The van der Waals surface area contributed by atoms with E-state index >= 15 is 0 Å². The molecule has 94 valence electrons. The van der Waals surface area contributed by atoms with Gasteiger partial charge in [0.05, 0.1) is 11.4 Å². The highest BCUT2D eigenvalue weighted by atomic mass is 32.1. The predicted octanol–water partition coefficient (Wildman–Crippen LogP) is 1.82. The molecule has 1 aromatic rings. The van der Waals surface area contributed by atoms with Gasteiger partial charge in [0.1, 0.15) is 5.69 Å². The molecule has 0 saturated heterocycles. The summed E-state index contributed by atoms with van der Waals surface area (Å²) in [6.07, 6.45) is 1.43. The molecule has 0 spiro atoms. The fourth-order valence-corrected chi connectivity index (χ4v) is 2.10. The first kappa shape index (κ1) is 13.6. The minimum Gasteiger partial charge on any atom is -0.481 e. The van der Waals surface area contributed by atoms with Crippen LogP contribution in [0.25, 0.3) is 0 Å². The van der Waals surface area contributed by atoms with E-state index in [-0.39, 0.29) is 18.4 Å². The Morgan fingerprint density at radius 2 is 2.29 bits per heavy atom. The van der Waals surface area contributed by atoms with Crippen LogP contribution in [0.15, 0.2) is 5.38 Å². The van der Waals surface area contributed by atoms with E-state index in [9.17, 15) is 9.59 Å². The summed E-state index contributed by atoms with van der Waals surface area (Å²) in [5, 5.41) is 13.9. The third-order valence-corrected chi connectivity index (χ3v) is 3.02. The summed E-state index contributed by atoms with van der Waals surface area (Å²) in [5.74, 6) is -1.20. The van der Waals surface area contributed by atoms with Gasteiger partial charge in [0.2, 0.25) is 0 Å². The first-order valence-corrected chi connectivity index (χ1v) is 6.35. The highest BCUT2D eigenvalue weighted by molar-refractivity contribution is 7.09. The molecular formula is C11H16N2O3S. The second kappa shape index (κ2) is 6.34. The highest BCUT2D eigenvalue weighted by Gasteiger charge is 2.17. The van der Waals surface area contributed by atoms with Crippen LogP contribution in [0.4, 0.5) is 0 Å². The third kappa shape index (κ3) is 4.52. The molecule has 5 nitrogen and oxygen atoms in total. The fraction of sp³-hybridized carbons (Fsp3) is 0.545. The Morgan fingerprint density at radius 3 is 2.76 bits per heavy atom. The summed E-state index contributed by atoms with van der Waals surface area (Å²) in [7, 11) is 0. The molecule has 0 fully saturated rings. The van der Waals surface area contributed by atoms with Crippen LogP contribution in [-0.4, -0.2) is 28.0 Å². The van der Waals surface area contributed by atoms with Crippen LogP contribution in [0.2, 0.25) is 0 Å². The van der Waals surface area contributed by atoms with E-state index in [0.717, 1.165) is 11.4 Å². The van der Waals surface area contributed by atoms with Crippen LogP contribution >= 0.6 is 11.3 Å². The number of carbonyl (C=O) groups excluding carboxylic acids is 1. The number of aryl methyl sites for hydroxylation is 1. The van der Waals surface area contributed by atoms with Crippen molar-refractivity contribution in [3.63, 3.8) is 0 Å². The van der Waals surface area contributed by atoms with E-state index in [0.29, 0.717) is 12.1 Å². The number of aliphatic carboxylic acids is 1. The van der Waals surface area contributed by atoms with Crippen molar-refractivity contribution in [3.05, 3.63) is 16.1 Å². The van der Waals surface area contributed by atoms with Crippen LogP contribution in [0.3, 0.4) is 0 Å². The number of hydrogen-bond donors (Lipinski definition) is 2. The Hall–Kier alpha value is -1.43. The normalized spacial score (nSPS) is 12.1. The highest BCUT2D eigenvalue weighted by Crippen LogP contribution is 2.09. The molecule has 6 heteroatoms. The van der Waals surface area contributed by atoms with Crippen molar-refractivity contribution in [3.8, 4) is 0 Å². The van der Waals surface area contributed by atoms with Crippen molar-refractivity contribution >= 4 is 23.2 Å². The van der Waals surface area contributed by atoms with Crippen molar-refractivity contribution in [1.82, 2.24) is 10.3 Å². The standard InChI is InChI=1S/C11H16N2O3S/c1-3-4-8(5-10(14)15)13-11(16)9-6-17-7(2)12-9/h6,8H,3-5H2,1-2H3,(H,13,16)(H,14,15)/t8-/m1/s1. The summed E-state index contributed by atoms with van der Waals surface area (Å²) in [6, 6.07) is -0.327.